The number of piperidine rings is 1. The molecule has 1 saturated heterocycles. The van der Waals surface area contributed by atoms with Gasteiger partial charge in [-0.15, -0.1) is 0 Å². The molecule has 1 aliphatic heterocycles. The molecule has 1 aliphatic rings. The molecule has 1 aromatic carbocycles. The van der Waals surface area contributed by atoms with Crippen LogP contribution in [0.15, 0.2) is 28.7 Å². The van der Waals surface area contributed by atoms with E-state index in [1.807, 2.05) is 20.8 Å². The summed E-state index contributed by atoms with van der Waals surface area (Å²) in [7, 11) is 0. The molecule has 1 heterocycles. The fourth-order valence-electron chi connectivity index (χ4n) is 2.75. The lowest BCUT2D eigenvalue weighted by Crippen LogP contribution is -2.46. The van der Waals surface area contributed by atoms with Gasteiger partial charge in [-0.3, -0.25) is 0 Å². The van der Waals surface area contributed by atoms with Crippen LogP contribution in [0.4, 0.5) is 4.79 Å². The van der Waals surface area contributed by atoms with Crippen molar-refractivity contribution in [2.45, 2.75) is 51.7 Å². The smallest absolute Gasteiger partial charge is 0.407 e. The zero-order valence-corrected chi connectivity index (χ0v) is 15.9. The van der Waals surface area contributed by atoms with Gasteiger partial charge < -0.3 is 15.0 Å². The highest BCUT2D eigenvalue weighted by Gasteiger charge is 2.23. The van der Waals surface area contributed by atoms with Gasteiger partial charge in [0.1, 0.15) is 5.60 Å². The van der Waals surface area contributed by atoms with Crippen LogP contribution >= 0.6 is 15.9 Å². The number of carbonyl (C=O) groups is 1. The molecular weight excluding hydrogens is 356 g/mol. The maximum Gasteiger partial charge on any atom is 0.407 e. The number of alkyl carbamates (subject to hydrolysis) is 1. The number of nitrogens with zero attached hydrogens (tertiary/aromatic N) is 1. The highest BCUT2D eigenvalue weighted by molar-refractivity contribution is 9.10. The first-order chi connectivity index (χ1) is 10.8. The standard InChI is InChI=1S/C18H27BrN2O2/c1-18(2,3)23-17(22)20-16-8-11-21(12-9-16)10-7-14-5-4-6-15(19)13-14/h4-6,13,16H,7-12H2,1-3H3,(H,20,22). The largest absolute Gasteiger partial charge is 0.444 e. The average Bonchev–Trinajstić information content (AvgIpc) is 2.44. The van der Waals surface area contributed by atoms with E-state index in [4.69, 9.17) is 4.74 Å². The predicted octanol–water partition coefficient (Wildman–Crippen LogP) is 3.98. The first-order valence-corrected chi connectivity index (χ1v) is 9.07. The SMILES string of the molecule is CC(C)(C)OC(=O)NC1CCN(CCc2cccc(Br)c2)CC1. The summed E-state index contributed by atoms with van der Waals surface area (Å²) in [6.07, 6.45) is 2.73. The van der Waals surface area contributed by atoms with Crippen molar-refractivity contribution in [1.82, 2.24) is 10.2 Å². The fraction of sp³-hybridized carbons (Fsp3) is 0.611. The molecule has 128 valence electrons. The number of ether oxygens (including phenoxy) is 1. The van der Waals surface area contributed by atoms with Crippen LogP contribution in [0, 0.1) is 0 Å². The molecule has 5 heteroatoms. The van der Waals surface area contributed by atoms with Crippen molar-refractivity contribution < 1.29 is 9.53 Å². The summed E-state index contributed by atoms with van der Waals surface area (Å²) in [6, 6.07) is 8.71. The summed E-state index contributed by atoms with van der Waals surface area (Å²) in [4.78, 5) is 14.3. The van der Waals surface area contributed by atoms with Crippen LogP contribution in [0.2, 0.25) is 0 Å². The fourth-order valence-corrected chi connectivity index (χ4v) is 3.20. The Morgan fingerprint density at radius 3 is 2.65 bits per heavy atom. The van der Waals surface area contributed by atoms with Gasteiger partial charge in [0.2, 0.25) is 0 Å². The van der Waals surface area contributed by atoms with Gasteiger partial charge in [-0.2, -0.15) is 0 Å². The van der Waals surface area contributed by atoms with E-state index in [1.54, 1.807) is 0 Å². The van der Waals surface area contributed by atoms with E-state index in [1.165, 1.54) is 5.56 Å². The van der Waals surface area contributed by atoms with Crippen LogP contribution in [0.1, 0.15) is 39.2 Å². The van der Waals surface area contributed by atoms with Crippen molar-refractivity contribution in [2.75, 3.05) is 19.6 Å². The lowest BCUT2D eigenvalue weighted by Gasteiger charge is -2.32. The van der Waals surface area contributed by atoms with E-state index >= 15 is 0 Å². The lowest BCUT2D eigenvalue weighted by atomic mass is 10.0. The molecule has 0 aromatic heterocycles. The molecule has 0 radical (unpaired) electrons. The van der Waals surface area contributed by atoms with E-state index in [9.17, 15) is 4.79 Å². The van der Waals surface area contributed by atoms with Crippen molar-refractivity contribution in [2.24, 2.45) is 0 Å². The topological polar surface area (TPSA) is 41.6 Å². The Balaban J connectivity index is 1.69. The molecule has 0 unspecified atom stereocenters. The minimum Gasteiger partial charge on any atom is -0.444 e. The third-order valence-electron chi connectivity index (χ3n) is 3.91. The summed E-state index contributed by atoms with van der Waals surface area (Å²) >= 11 is 3.51. The Labute approximate surface area is 147 Å². The van der Waals surface area contributed by atoms with E-state index in [0.717, 1.165) is 43.4 Å². The number of halogens is 1. The highest BCUT2D eigenvalue weighted by Crippen LogP contribution is 2.15. The van der Waals surface area contributed by atoms with Gasteiger partial charge in [0.05, 0.1) is 0 Å². The Morgan fingerprint density at radius 1 is 1.35 bits per heavy atom. The maximum absolute atomic E-state index is 11.8. The lowest BCUT2D eigenvalue weighted by molar-refractivity contribution is 0.0479. The second-order valence-electron chi connectivity index (χ2n) is 7.14. The number of hydrogen-bond donors (Lipinski definition) is 1. The van der Waals surface area contributed by atoms with Crippen LogP contribution < -0.4 is 5.32 Å². The highest BCUT2D eigenvalue weighted by atomic mass is 79.9. The molecule has 1 fully saturated rings. The van der Waals surface area contributed by atoms with E-state index < -0.39 is 5.60 Å². The number of likely N-dealkylation sites (tertiary alicyclic amines) is 1. The van der Waals surface area contributed by atoms with E-state index in [0.29, 0.717) is 0 Å². The number of nitrogens with one attached hydrogen (secondary N) is 1. The molecule has 1 aromatic rings. The van der Waals surface area contributed by atoms with Gasteiger partial charge in [0, 0.05) is 30.1 Å². The van der Waals surface area contributed by atoms with Gasteiger partial charge >= 0.3 is 6.09 Å². The second-order valence-corrected chi connectivity index (χ2v) is 8.06. The zero-order chi connectivity index (χ0) is 16.9. The average molecular weight is 383 g/mol. The molecule has 0 aliphatic carbocycles. The third kappa shape index (κ3) is 6.92. The van der Waals surface area contributed by atoms with Crippen molar-refractivity contribution in [3.63, 3.8) is 0 Å². The number of carbonyl (C=O) groups excluding carboxylic acids is 1. The number of amides is 1. The van der Waals surface area contributed by atoms with Gasteiger partial charge in [-0.1, -0.05) is 28.1 Å². The quantitative estimate of drug-likeness (QED) is 0.855. The Bertz CT molecular complexity index is 520. The van der Waals surface area contributed by atoms with E-state index in [2.05, 4.69) is 50.4 Å². The molecule has 23 heavy (non-hydrogen) atoms. The Kier molecular flexibility index (Phi) is 6.48. The predicted molar refractivity (Wildman–Crippen MR) is 96.7 cm³/mol. The molecule has 4 nitrogen and oxygen atoms in total. The van der Waals surface area contributed by atoms with Crippen LogP contribution in [0.25, 0.3) is 0 Å². The summed E-state index contributed by atoms with van der Waals surface area (Å²) in [5.41, 5.74) is 0.919. The zero-order valence-electron chi connectivity index (χ0n) is 14.3. The second kappa shape index (κ2) is 8.15. The van der Waals surface area contributed by atoms with Gasteiger partial charge in [0.25, 0.3) is 0 Å². The van der Waals surface area contributed by atoms with Gasteiger partial charge in [-0.05, 0) is 57.7 Å². The van der Waals surface area contributed by atoms with Gasteiger partial charge in [0.15, 0.2) is 0 Å². The number of rotatable bonds is 4. The summed E-state index contributed by atoms with van der Waals surface area (Å²) < 4.78 is 6.45. The van der Waals surface area contributed by atoms with Crippen molar-refractivity contribution in [1.29, 1.82) is 0 Å². The normalized spacial score (nSPS) is 17.0. The van der Waals surface area contributed by atoms with E-state index in [-0.39, 0.29) is 12.1 Å². The minimum absolute atomic E-state index is 0.229. The first-order valence-electron chi connectivity index (χ1n) is 8.28. The Hall–Kier alpha value is -1.07. The van der Waals surface area contributed by atoms with Crippen LogP contribution in [0.3, 0.4) is 0 Å². The molecule has 0 spiro atoms. The number of hydrogen-bond acceptors (Lipinski definition) is 3. The van der Waals surface area contributed by atoms with Crippen molar-refractivity contribution in [3.8, 4) is 0 Å². The summed E-state index contributed by atoms with van der Waals surface area (Å²) in [6.45, 7) is 8.77. The number of benzene rings is 1. The van der Waals surface area contributed by atoms with Gasteiger partial charge in [-0.25, -0.2) is 4.79 Å². The molecule has 1 N–H and O–H groups in total. The monoisotopic (exact) mass is 382 g/mol. The third-order valence-corrected chi connectivity index (χ3v) is 4.41. The molecule has 0 saturated carbocycles. The van der Waals surface area contributed by atoms with Crippen LogP contribution in [-0.4, -0.2) is 42.3 Å². The van der Waals surface area contributed by atoms with Crippen molar-refractivity contribution >= 4 is 22.0 Å². The Morgan fingerprint density at radius 2 is 2.04 bits per heavy atom. The molecule has 1 amide bonds. The molecule has 2 rings (SSSR count). The summed E-state index contributed by atoms with van der Waals surface area (Å²) in [5.74, 6) is 0. The molecule has 0 bridgehead atoms. The maximum atomic E-state index is 11.8. The van der Waals surface area contributed by atoms with Crippen LogP contribution in [-0.2, 0) is 11.2 Å². The van der Waals surface area contributed by atoms with Crippen LogP contribution in [0.5, 0.6) is 0 Å². The summed E-state index contributed by atoms with van der Waals surface area (Å²) in [5, 5.41) is 2.98. The first kappa shape index (κ1) is 18.3. The molecular formula is C18H27BrN2O2. The minimum atomic E-state index is -0.436. The van der Waals surface area contributed by atoms with Crippen molar-refractivity contribution in [3.05, 3.63) is 34.3 Å². The molecule has 0 atom stereocenters.